The van der Waals surface area contributed by atoms with Crippen molar-refractivity contribution < 1.29 is 23.9 Å². The van der Waals surface area contributed by atoms with Crippen molar-refractivity contribution in [1.82, 2.24) is 0 Å². The summed E-state index contributed by atoms with van der Waals surface area (Å²) in [4.78, 5) is 28.3. The SMILES string of the molecule is COc1cc(/C=N/OCC(=O)Nc2ccc(C(C)=O)cc2)ccc1OCc1ccccc1. The molecule has 0 radical (unpaired) electrons. The van der Waals surface area contributed by atoms with Crippen LogP contribution in [-0.2, 0) is 16.2 Å². The van der Waals surface area contributed by atoms with Crippen molar-refractivity contribution in [3.8, 4) is 11.5 Å². The Morgan fingerprint density at radius 2 is 1.72 bits per heavy atom. The largest absolute Gasteiger partial charge is 0.493 e. The lowest BCUT2D eigenvalue weighted by Gasteiger charge is -2.11. The fraction of sp³-hybridized carbons (Fsp3) is 0.160. The Labute approximate surface area is 186 Å². The van der Waals surface area contributed by atoms with Gasteiger partial charge in [-0.25, -0.2) is 0 Å². The smallest absolute Gasteiger partial charge is 0.265 e. The minimum Gasteiger partial charge on any atom is -0.493 e. The summed E-state index contributed by atoms with van der Waals surface area (Å²) in [5, 5.41) is 6.51. The number of amides is 1. The molecule has 1 N–H and O–H groups in total. The van der Waals surface area contributed by atoms with E-state index in [0.29, 0.717) is 29.4 Å². The topological polar surface area (TPSA) is 86.2 Å². The number of benzene rings is 3. The highest BCUT2D eigenvalue weighted by Gasteiger charge is 2.07. The van der Waals surface area contributed by atoms with Gasteiger partial charge in [-0.1, -0.05) is 35.5 Å². The molecule has 3 rings (SSSR count). The van der Waals surface area contributed by atoms with Gasteiger partial charge in [0.1, 0.15) is 6.61 Å². The van der Waals surface area contributed by atoms with Gasteiger partial charge in [0.25, 0.3) is 5.91 Å². The number of hydrogen-bond donors (Lipinski definition) is 1. The van der Waals surface area contributed by atoms with Crippen LogP contribution in [0, 0.1) is 0 Å². The normalized spacial score (nSPS) is 10.6. The Balaban J connectivity index is 1.49. The Kier molecular flexibility index (Phi) is 7.97. The number of oxime groups is 1. The van der Waals surface area contributed by atoms with Crippen LogP contribution in [0.15, 0.2) is 78.0 Å². The van der Waals surface area contributed by atoms with Crippen molar-refractivity contribution in [3.05, 3.63) is 89.5 Å². The Morgan fingerprint density at radius 3 is 2.41 bits per heavy atom. The highest BCUT2D eigenvalue weighted by molar-refractivity contribution is 5.95. The van der Waals surface area contributed by atoms with Crippen molar-refractivity contribution in [2.45, 2.75) is 13.5 Å². The van der Waals surface area contributed by atoms with Crippen LogP contribution in [0.4, 0.5) is 5.69 Å². The molecule has 3 aromatic rings. The molecular weight excluding hydrogens is 408 g/mol. The lowest BCUT2D eigenvalue weighted by Crippen LogP contribution is -2.17. The maximum Gasteiger partial charge on any atom is 0.265 e. The van der Waals surface area contributed by atoms with Gasteiger partial charge in [0, 0.05) is 16.8 Å². The molecule has 0 aliphatic carbocycles. The zero-order valence-electron chi connectivity index (χ0n) is 17.9. The highest BCUT2D eigenvalue weighted by Crippen LogP contribution is 2.28. The molecule has 3 aromatic carbocycles. The van der Waals surface area contributed by atoms with Gasteiger partial charge in [-0.3, -0.25) is 9.59 Å². The third kappa shape index (κ3) is 6.70. The Hall–Kier alpha value is -4.13. The van der Waals surface area contributed by atoms with Gasteiger partial charge in [-0.05, 0) is 55.0 Å². The number of carbonyl (C=O) groups excluding carboxylic acids is 2. The third-order valence-electron chi connectivity index (χ3n) is 4.47. The number of ketones is 1. The first-order valence-corrected chi connectivity index (χ1v) is 9.96. The van der Waals surface area contributed by atoms with Crippen LogP contribution in [0.25, 0.3) is 0 Å². The average molecular weight is 432 g/mol. The van der Waals surface area contributed by atoms with Gasteiger partial charge < -0.3 is 19.6 Å². The number of Topliss-reactive ketones (excluding diaryl/α,β-unsaturated/α-hetero) is 1. The number of nitrogens with one attached hydrogen (secondary N) is 1. The van der Waals surface area contributed by atoms with E-state index in [0.717, 1.165) is 11.1 Å². The lowest BCUT2D eigenvalue weighted by atomic mass is 10.1. The van der Waals surface area contributed by atoms with E-state index >= 15 is 0 Å². The monoisotopic (exact) mass is 432 g/mol. The molecule has 0 saturated heterocycles. The number of carbonyl (C=O) groups is 2. The van der Waals surface area contributed by atoms with Gasteiger partial charge in [-0.2, -0.15) is 0 Å². The molecule has 0 aromatic heterocycles. The van der Waals surface area contributed by atoms with Crippen LogP contribution in [0.5, 0.6) is 11.5 Å². The van der Waals surface area contributed by atoms with Crippen molar-refractivity contribution in [2.24, 2.45) is 5.16 Å². The molecule has 0 bridgehead atoms. The molecule has 0 spiro atoms. The standard InChI is InChI=1S/C25H24N2O5/c1-18(28)21-9-11-22(12-10-21)27-25(29)17-32-26-15-20-8-13-23(24(14-20)30-2)31-16-19-6-4-3-5-7-19/h3-15H,16-17H2,1-2H3,(H,27,29)/b26-15+. The summed E-state index contributed by atoms with van der Waals surface area (Å²) in [7, 11) is 1.56. The number of nitrogens with zero attached hydrogens (tertiary/aromatic N) is 1. The summed E-state index contributed by atoms with van der Waals surface area (Å²) >= 11 is 0. The van der Waals surface area contributed by atoms with E-state index in [1.807, 2.05) is 36.4 Å². The van der Waals surface area contributed by atoms with E-state index in [9.17, 15) is 9.59 Å². The van der Waals surface area contributed by atoms with Crippen LogP contribution < -0.4 is 14.8 Å². The lowest BCUT2D eigenvalue weighted by molar-refractivity contribution is -0.120. The minimum atomic E-state index is -0.361. The van der Waals surface area contributed by atoms with E-state index in [1.165, 1.54) is 13.1 Å². The maximum atomic E-state index is 12.0. The van der Waals surface area contributed by atoms with E-state index in [4.69, 9.17) is 14.3 Å². The number of methoxy groups -OCH3 is 1. The van der Waals surface area contributed by atoms with Gasteiger partial charge in [0.05, 0.1) is 13.3 Å². The van der Waals surface area contributed by atoms with Crippen molar-refractivity contribution in [1.29, 1.82) is 0 Å². The zero-order valence-corrected chi connectivity index (χ0v) is 17.9. The van der Waals surface area contributed by atoms with Crippen LogP contribution in [0.3, 0.4) is 0 Å². The first kappa shape index (κ1) is 22.6. The number of hydrogen-bond acceptors (Lipinski definition) is 6. The van der Waals surface area contributed by atoms with Gasteiger partial charge >= 0.3 is 0 Å². The Bertz CT molecular complexity index is 1080. The molecule has 0 heterocycles. The summed E-state index contributed by atoms with van der Waals surface area (Å²) in [6, 6.07) is 21.8. The first-order chi connectivity index (χ1) is 15.5. The first-order valence-electron chi connectivity index (χ1n) is 9.96. The van der Waals surface area contributed by atoms with Crippen LogP contribution in [0.1, 0.15) is 28.4 Å². The van der Waals surface area contributed by atoms with Crippen LogP contribution in [-0.4, -0.2) is 31.6 Å². The molecular formula is C25H24N2O5. The molecule has 7 heteroatoms. The van der Waals surface area contributed by atoms with Crippen LogP contribution >= 0.6 is 0 Å². The number of ether oxygens (including phenoxy) is 2. The van der Waals surface area contributed by atoms with E-state index in [1.54, 1.807) is 43.5 Å². The predicted molar refractivity (Wildman–Crippen MR) is 122 cm³/mol. The molecule has 1 amide bonds. The fourth-order valence-corrected chi connectivity index (χ4v) is 2.80. The zero-order chi connectivity index (χ0) is 22.8. The molecule has 164 valence electrons. The fourth-order valence-electron chi connectivity index (χ4n) is 2.80. The second-order valence-corrected chi connectivity index (χ2v) is 6.87. The molecule has 32 heavy (non-hydrogen) atoms. The average Bonchev–Trinajstić information content (AvgIpc) is 2.81. The minimum absolute atomic E-state index is 0.0343. The van der Waals surface area contributed by atoms with Crippen molar-refractivity contribution in [3.63, 3.8) is 0 Å². The van der Waals surface area contributed by atoms with Crippen molar-refractivity contribution >= 4 is 23.6 Å². The quantitative estimate of drug-likeness (QED) is 0.290. The Morgan fingerprint density at radius 1 is 0.969 bits per heavy atom. The maximum absolute atomic E-state index is 12.0. The predicted octanol–water partition coefficient (Wildman–Crippen LogP) is 4.47. The molecule has 0 aliphatic rings. The molecule has 0 saturated carbocycles. The molecule has 0 aliphatic heterocycles. The second kappa shape index (κ2) is 11.3. The van der Waals surface area contributed by atoms with E-state index in [-0.39, 0.29) is 18.3 Å². The van der Waals surface area contributed by atoms with Gasteiger partial charge in [0.2, 0.25) is 0 Å². The number of anilines is 1. The third-order valence-corrected chi connectivity index (χ3v) is 4.47. The van der Waals surface area contributed by atoms with Gasteiger partial charge in [0.15, 0.2) is 23.9 Å². The summed E-state index contributed by atoms with van der Waals surface area (Å²) in [6.45, 7) is 1.67. The molecule has 0 fully saturated rings. The van der Waals surface area contributed by atoms with E-state index in [2.05, 4.69) is 10.5 Å². The molecule has 0 atom stereocenters. The van der Waals surface area contributed by atoms with Gasteiger partial charge in [-0.15, -0.1) is 0 Å². The summed E-state index contributed by atoms with van der Waals surface area (Å²) in [5.74, 6) is 0.786. The summed E-state index contributed by atoms with van der Waals surface area (Å²) in [6.07, 6.45) is 1.48. The molecule has 7 nitrogen and oxygen atoms in total. The van der Waals surface area contributed by atoms with Crippen molar-refractivity contribution in [2.75, 3.05) is 19.0 Å². The summed E-state index contributed by atoms with van der Waals surface area (Å²) < 4.78 is 11.2. The molecule has 0 unspecified atom stereocenters. The number of rotatable bonds is 10. The van der Waals surface area contributed by atoms with E-state index < -0.39 is 0 Å². The van der Waals surface area contributed by atoms with Crippen LogP contribution in [0.2, 0.25) is 0 Å². The second-order valence-electron chi connectivity index (χ2n) is 6.87. The highest BCUT2D eigenvalue weighted by atomic mass is 16.6. The summed E-state index contributed by atoms with van der Waals surface area (Å²) in [5.41, 5.74) is 2.94.